The molecule has 2 amide bonds. The highest BCUT2D eigenvalue weighted by Gasteiger charge is 2.44. The van der Waals surface area contributed by atoms with Gasteiger partial charge in [0.15, 0.2) is 0 Å². The Morgan fingerprint density at radius 3 is 2.00 bits per heavy atom. The molecule has 102 valence electrons. The molecule has 2 fully saturated rings. The zero-order valence-electron chi connectivity index (χ0n) is 11.3. The van der Waals surface area contributed by atoms with Gasteiger partial charge in [0.2, 0.25) is 0 Å². The minimum absolute atomic E-state index is 0.254. The number of amides is 2. The number of nitrogens with zero attached hydrogens (tertiary/aromatic N) is 1. The summed E-state index contributed by atoms with van der Waals surface area (Å²) in [6, 6.07) is -0.0178. The van der Waals surface area contributed by atoms with Gasteiger partial charge in [-0.25, -0.2) is 9.59 Å². The van der Waals surface area contributed by atoms with Crippen molar-refractivity contribution >= 4 is 12.0 Å². The molecule has 0 aromatic carbocycles. The monoisotopic (exact) mass is 254 g/mol. The Balaban J connectivity index is 1.95. The third-order valence-electron chi connectivity index (χ3n) is 4.22. The Labute approximate surface area is 108 Å². The van der Waals surface area contributed by atoms with E-state index < -0.39 is 11.5 Å². The maximum absolute atomic E-state index is 12.1. The Hall–Kier alpha value is -1.26. The second kappa shape index (κ2) is 4.44. The van der Waals surface area contributed by atoms with Crippen molar-refractivity contribution in [2.75, 3.05) is 7.05 Å². The summed E-state index contributed by atoms with van der Waals surface area (Å²) >= 11 is 0. The molecule has 2 saturated carbocycles. The highest BCUT2D eigenvalue weighted by Crippen LogP contribution is 2.44. The first-order chi connectivity index (χ1) is 8.34. The normalized spacial score (nSPS) is 19.8. The summed E-state index contributed by atoms with van der Waals surface area (Å²) in [6.45, 7) is 3.08. The standard InChI is InChI=1S/C13H22N2O3/c1-13(2,11(16)17)15(3)12(18)14-10(8-4-5-8)9-6-7-9/h8-10H,4-7H2,1-3H3,(H,14,18)(H,16,17). The van der Waals surface area contributed by atoms with Crippen LogP contribution in [0.1, 0.15) is 39.5 Å². The molecule has 0 heterocycles. The summed E-state index contributed by atoms with van der Waals surface area (Å²) in [7, 11) is 1.54. The molecule has 5 nitrogen and oxygen atoms in total. The van der Waals surface area contributed by atoms with E-state index in [0.717, 1.165) is 0 Å². The molecule has 0 aromatic rings. The molecule has 18 heavy (non-hydrogen) atoms. The van der Waals surface area contributed by atoms with Crippen LogP contribution in [0.5, 0.6) is 0 Å². The number of rotatable bonds is 5. The Kier molecular flexibility index (Phi) is 3.25. The van der Waals surface area contributed by atoms with Gasteiger partial charge in [-0.15, -0.1) is 0 Å². The van der Waals surface area contributed by atoms with E-state index in [2.05, 4.69) is 5.32 Å². The lowest BCUT2D eigenvalue weighted by Crippen LogP contribution is -2.56. The molecule has 0 bridgehead atoms. The maximum atomic E-state index is 12.1. The first kappa shape index (κ1) is 13.2. The van der Waals surface area contributed by atoms with E-state index in [-0.39, 0.29) is 12.1 Å². The predicted molar refractivity (Wildman–Crippen MR) is 67.2 cm³/mol. The number of carbonyl (C=O) groups is 2. The number of hydrogen-bond acceptors (Lipinski definition) is 2. The van der Waals surface area contributed by atoms with Gasteiger partial charge >= 0.3 is 12.0 Å². The fourth-order valence-corrected chi connectivity index (χ4v) is 2.17. The van der Waals surface area contributed by atoms with Gasteiger partial charge in [-0.05, 0) is 51.4 Å². The fraction of sp³-hybridized carbons (Fsp3) is 0.846. The van der Waals surface area contributed by atoms with Crippen molar-refractivity contribution in [2.45, 2.75) is 51.1 Å². The molecule has 2 aliphatic carbocycles. The van der Waals surface area contributed by atoms with Crippen molar-refractivity contribution in [1.82, 2.24) is 10.2 Å². The Morgan fingerprint density at radius 2 is 1.67 bits per heavy atom. The minimum Gasteiger partial charge on any atom is -0.480 e. The van der Waals surface area contributed by atoms with E-state index in [1.54, 1.807) is 7.05 Å². The number of nitrogens with one attached hydrogen (secondary N) is 1. The third-order valence-corrected chi connectivity index (χ3v) is 4.22. The first-order valence-electron chi connectivity index (χ1n) is 6.61. The largest absolute Gasteiger partial charge is 0.480 e. The summed E-state index contributed by atoms with van der Waals surface area (Å²) in [5.74, 6) is 0.236. The van der Waals surface area contributed by atoms with E-state index in [4.69, 9.17) is 5.11 Å². The SMILES string of the molecule is CN(C(=O)NC(C1CC1)C1CC1)C(C)(C)C(=O)O. The summed E-state index contributed by atoms with van der Waals surface area (Å²) in [4.78, 5) is 24.5. The highest BCUT2D eigenvalue weighted by molar-refractivity contribution is 5.85. The molecule has 2 aliphatic rings. The summed E-state index contributed by atoms with van der Waals surface area (Å²) in [6.07, 6.45) is 4.75. The van der Waals surface area contributed by atoms with Gasteiger partial charge < -0.3 is 15.3 Å². The Bertz CT molecular complexity index is 347. The van der Waals surface area contributed by atoms with Crippen molar-refractivity contribution in [3.63, 3.8) is 0 Å². The van der Waals surface area contributed by atoms with Gasteiger partial charge in [-0.1, -0.05) is 0 Å². The topological polar surface area (TPSA) is 69.6 Å². The van der Waals surface area contributed by atoms with Crippen LogP contribution in [0, 0.1) is 11.8 Å². The molecule has 0 saturated heterocycles. The summed E-state index contributed by atoms with van der Waals surface area (Å²) < 4.78 is 0. The molecule has 0 aromatic heterocycles. The van der Waals surface area contributed by atoms with E-state index in [9.17, 15) is 9.59 Å². The van der Waals surface area contributed by atoms with Crippen molar-refractivity contribution in [3.05, 3.63) is 0 Å². The van der Waals surface area contributed by atoms with Gasteiger partial charge in [0.1, 0.15) is 5.54 Å². The molecule has 0 atom stereocenters. The summed E-state index contributed by atoms with van der Waals surface area (Å²) in [5.41, 5.74) is -1.18. The van der Waals surface area contributed by atoms with E-state index in [0.29, 0.717) is 11.8 Å². The molecule has 2 N–H and O–H groups in total. The van der Waals surface area contributed by atoms with Crippen LogP contribution in [0.4, 0.5) is 4.79 Å². The number of aliphatic carboxylic acids is 1. The number of likely N-dealkylation sites (N-methyl/N-ethyl adjacent to an activating group) is 1. The average molecular weight is 254 g/mol. The number of urea groups is 1. The van der Waals surface area contributed by atoms with Crippen LogP contribution < -0.4 is 5.32 Å². The lowest BCUT2D eigenvalue weighted by Gasteiger charge is -2.33. The number of hydrogen-bond donors (Lipinski definition) is 2. The quantitative estimate of drug-likeness (QED) is 0.784. The van der Waals surface area contributed by atoms with Crippen LogP contribution in [0.3, 0.4) is 0 Å². The van der Waals surface area contributed by atoms with Gasteiger partial charge in [0, 0.05) is 13.1 Å². The van der Waals surface area contributed by atoms with Crippen molar-refractivity contribution in [1.29, 1.82) is 0 Å². The maximum Gasteiger partial charge on any atom is 0.329 e. The smallest absolute Gasteiger partial charge is 0.329 e. The minimum atomic E-state index is -1.18. The number of carboxylic acid groups (broad SMARTS) is 1. The van der Waals surface area contributed by atoms with E-state index in [1.807, 2.05) is 0 Å². The predicted octanol–water partition coefficient (Wildman–Crippen LogP) is 1.68. The van der Waals surface area contributed by atoms with Gasteiger partial charge in [-0.3, -0.25) is 0 Å². The lowest BCUT2D eigenvalue weighted by molar-refractivity contribution is -0.146. The lowest BCUT2D eigenvalue weighted by atomic mass is 10.0. The average Bonchev–Trinajstić information content (AvgIpc) is 3.16. The van der Waals surface area contributed by atoms with Crippen LogP contribution in [0.25, 0.3) is 0 Å². The molecule has 5 heteroatoms. The first-order valence-corrected chi connectivity index (χ1v) is 6.61. The zero-order chi connectivity index (χ0) is 13.5. The van der Waals surface area contributed by atoms with E-state index in [1.165, 1.54) is 44.4 Å². The Morgan fingerprint density at radius 1 is 1.22 bits per heavy atom. The van der Waals surface area contributed by atoms with Gasteiger partial charge in [0.05, 0.1) is 0 Å². The van der Waals surface area contributed by atoms with Crippen molar-refractivity contribution < 1.29 is 14.7 Å². The molecule has 2 rings (SSSR count). The van der Waals surface area contributed by atoms with Crippen LogP contribution in [0.2, 0.25) is 0 Å². The van der Waals surface area contributed by atoms with E-state index >= 15 is 0 Å². The van der Waals surface area contributed by atoms with Gasteiger partial charge in [-0.2, -0.15) is 0 Å². The number of carboxylic acids is 1. The zero-order valence-corrected chi connectivity index (χ0v) is 11.3. The number of carbonyl (C=O) groups excluding carboxylic acids is 1. The van der Waals surface area contributed by atoms with Crippen molar-refractivity contribution in [2.24, 2.45) is 11.8 Å². The van der Waals surface area contributed by atoms with Crippen LogP contribution >= 0.6 is 0 Å². The van der Waals surface area contributed by atoms with Crippen molar-refractivity contribution in [3.8, 4) is 0 Å². The van der Waals surface area contributed by atoms with Crippen LogP contribution in [0.15, 0.2) is 0 Å². The molecular weight excluding hydrogens is 232 g/mol. The molecule has 0 aliphatic heterocycles. The molecular formula is C13H22N2O3. The molecule has 0 radical (unpaired) electrons. The van der Waals surface area contributed by atoms with Crippen LogP contribution in [-0.4, -0.2) is 40.6 Å². The third kappa shape index (κ3) is 2.60. The fourth-order valence-electron chi connectivity index (χ4n) is 2.17. The highest BCUT2D eigenvalue weighted by atomic mass is 16.4. The second-order valence-corrected chi connectivity index (χ2v) is 6.07. The molecule has 0 unspecified atom stereocenters. The van der Waals surface area contributed by atoms with Crippen LogP contribution in [-0.2, 0) is 4.79 Å². The molecule has 0 spiro atoms. The second-order valence-electron chi connectivity index (χ2n) is 6.07. The summed E-state index contributed by atoms with van der Waals surface area (Å²) in [5, 5.41) is 12.1. The van der Waals surface area contributed by atoms with Gasteiger partial charge in [0.25, 0.3) is 0 Å².